The summed E-state index contributed by atoms with van der Waals surface area (Å²) in [7, 11) is 0. The number of hydrogen-bond donors (Lipinski definition) is 0. The molecule has 0 heterocycles. The second-order valence-electron chi connectivity index (χ2n) is 2.55. The smallest absolute Gasteiger partial charge is 0.306 e. The van der Waals surface area contributed by atoms with E-state index in [-0.39, 0.29) is 6.26 Å². The largest absolute Gasteiger partial charge is 0.399 e. The number of hydrogen-bond acceptors (Lipinski definition) is 2. The van der Waals surface area contributed by atoms with E-state index in [0.29, 0.717) is 4.90 Å². The monoisotopic (exact) mass is 218 g/mol. The predicted octanol–water partition coefficient (Wildman–Crippen LogP) is 2.77. The van der Waals surface area contributed by atoms with E-state index in [1.165, 1.54) is 0 Å². The van der Waals surface area contributed by atoms with Crippen molar-refractivity contribution in [2.24, 2.45) is 0 Å². The van der Waals surface area contributed by atoms with Gasteiger partial charge in [-0.05, 0) is 19.1 Å². The van der Waals surface area contributed by atoms with Crippen LogP contribution >= 0.6 is 0 Å². The van der Waals surface area contributed by atoms with Gasteiger partial charge in [-0.2, -0.15) is 8.78 Å². The number of halogens is 2. The first-order chi connectivity index (χ1) is 6.59. The van der Waals surface area contributed by atoms with Crippen LogP contribution in [0.25, 0.3) is 0 Å². The van der Waals surface area contributed by atoms with Crippen LogP contribution in [-0.4, -0.2) is 4.21 Å². The Balaban J connectivity index is 2.70. The molecule has 2 nitrogen and oxygen atoms in total. The molecule has 14 heavy (non-hydrogen) atoms. The maximum Gasteiger partial charge on any atom is 0.306 e. The minimum absolute atomic E-state index is 0.177. The van der Waals surface area contributed by atoms with Crippen LogP contribution in [0.1, 0.15) is 5.56 Å². The van der Waals surface area contributed by atoms with Crippen LogP contribution in [0.3, 0.4) is 0 Å². The Morgan fingerprint density at radius 2 is 1.93 bits per heavy atom. The maximum atomic E-state index is 11.6. The van der Waals surface area contributed by atoms with E-state index in [1.54, 1.807) is 24.3 Å². The van der Waals surface area contributed by atoms with Crippen LogP contribution in [0.2, 0.25) is 0 Å². The van der Waals surface area contributed by atoms with Gasteiger partial charge in [0.15, 0.2) is 6.26 Å². The molecule has 0 N–H and O–H groups in total. The van der Waals surface area contributed by atoms with Gasteiger partial charge in [0.25, 0.3) is 0 Å². The van der Waals surface area contributed by atoms with E-state index in [4.69, 9.17) is 0 Å². The van der Waals surface area contributed by atoms with Crippen molar-refractivity contribution in [2.45, 2.75) is 11.8 Å². The molecule has 0 amide bonds. The highest BCUT2D eigenvalue weighted by Gasteiger charge is 2.03. The third-order valence-electron chi connectivity index (χ3n) is 1.44. The zero-order valence-corrected chi connectivity index (χ0v) is 8.18. The molecule has 0 aliphatic carbocycles. The number of aryl methyl sites for hydroxylation is 1. The lowest BCUT2D eigenvalue weighted by molar-refractivity contribution is 0.375. The molecule has 0 saturated carbocycles. The van der Waals surface area contributed by atoms with Crippen LogP contribution < -0.4 is 0 Å². The summed E-state index contributed by atoms with van der Waals surface area (Å²) < 4.78 is 38.6. The third kappa shape index (κ3) is 3.26. The summed E-state index contributed by atoms with van der Waals surface area (Å²) in [6.45, 7) is 1.87. The molecule has 0 aliphatic heterocycles. The standard InChI is InChI=1S/C9H8F2O2S/c1-7-2-4-8(5-3-7)14(12)13-6-9(10)11/h2-6H,1H3. The van der Waals surface area contributed by atoms with E-state index in [0.717, 1.165) is 5.56 Å². The van der Waals surface area contributed by atoms with Gasteiger partial charge in [-0.1, -0.05) is 17.7 Å². The third-order valence-corrected chi connectivity index (χ3v) is 2.37. The summed E-state index contributed by atoms with van der Waals surface area (Å²) in [5, 5.41) is 0. The minimum atomic E-state index is -2.01. The summed E-state index contributed by atoms with van der Waals surface area (Å²) in [6.07, 6.45) is -1.83. The molecular weight excluding hydrogens is 210 g/mol. The topological polar surface area (TPSA) is 26.3 Å². The van der Waals surface area contributed by atoms with Crippen molar-refractivity contribution in [3.05, 3.63) is 42.2 Å². The van der Waals surface area contributed by atoms with Crippen molar-refractivity contribution in [3.8, 4) is 0 Å². The second kappa shape index (κ2) is 4.85. The molecule has 1 unspecified atom stereocenters. The summed E-state index contributed by atoms with van der Waals surface area (Å²) in [4.78, 5) is 0.355. The van der Waals surface area contributed by atoms with Gasteiger partial charge in [0.1, 0.15) is 0 Å². The Morgan fingerprint density at radius 3 is 2.43 bits per heavy atom. The Labute approximate surface area is 82.9 Å². The molecule has 0 aliphatic rings. The van der Waals surface area contributed by atoms with Gasteiger partial charge in [-0.3, -0.25) is 0 Å². The molecule has 1 rings (SSSR count). The van der Waals surface area contributed by atoms with Crippen molar-refractivity contribution in [1.29, 1.82) is 0 Å². The average Bonchev–Trinajstić information content (AvgIpc) is 2.15. The van der Waals surface area contributed by atoms with Crippen molar-refractivity contribution in [1.82, 2.24) is 0 Å². The highest BCUT2D eigenvalue weighted by Crippen LogP contribution is 2.10. The number of rotatable bonds is 3. The molecule has 0 bridgehead atoms. The van der Waals surface area contributed by atoms with Gasteiger partial charge in [-0.25, -0.2) is 4.21 Å². The first-order valence-corrected chi connectivity index (χ1v) is 4.84. The average molecular weight is 218 g/mol. The predicted molar refractivity (Wildman–Crippen MR) is 49.0 cm³/mol. The quantitative estimate of drug-likeness (QED) is 0.729. The van der Waals surface area contributed by atoms with Gasteiger partial charge in [-0.15, -0.1) is 0 Å². The van der Waals surface area contributed by atoms with Crippen molar-refractivity contribution in [2.75, 3.05) is 0 Å². The van der Waals surface area contributed by atoms with Gasteiger partial charge < -0.3 is 4.18 Å². The van der Waals surface area contributed by atoms with E-state index in [2.05, 4.69) is 4.18 Å². The highest BCUT2D eigenvalue weighted by atomic mass is 32.2. The van der Waals surface area contributed by atoms with Gasteiger partial charge in [0, 0.05) is 0 Å². The summed E-state index contributed by atoms with van der Waals surface area (Å²) in [6, 6.07) is 6.59. The minimum Gasteiger partial charge on any atom is -0.399 e. The van der Waals surface area contributed by atoms with Crippen LogP contribution in [-0.2, 0) is 15.3 Å². The Bertz CT molecular complexity index is 356. The first kappa shape index (κ1) is 10.8. The summed E-state index contributed by atoms with van der Waals surface area (Å²) in [5.74, 6) is 0. The van der Waals surface area contributed by atoms with Crippen molar-refractivity contribution in [3.63, 3.8) is 0 Å². The van der Waals surface area contributed by atoms with E-state index in [1.807, 2.05) is 6.92 Å². The molecule has 1 aromatic rings. The molecule has 0 aromatic heterocycles. The Kier molecular flexibility index (Phi) is 3.76. The molecule has 0 radical (unpaired) electrons. The van der Waals surface area contributed by atoms with Crippen molar-refractivity contribution < 1.29 is 17.2 Å². The van der Waals surface area contributed by atoms with Gasteiger partial charge >= 0.3 is 6.08 Å². The molecule has 1 atom stereocenters. The highest BCUT2D eigenvalue weighted by molar-refractivity contribution is 7.80. The second-order valence-corrected chi connectivity index (χ2v) is 3.68. The lowest BCUT2D eigenvalue weighted by Crippen LogP contribution is -1.92. The van der Waals surface area contributed by atoms with Crippen LogP contribution in [0.15, 0.2) is 41.5 Å². The normalized spacial score (nSPS) is 11.9. The summed E-state index contributed by atoms with van der Waals surface area (Å²) in [5.41, 5.74) is 0.998. The van der Waals surface area contributed by atoms with Crippen LogP contribution in [0.4, 0.5) is 8.78 Å². The lowest BCUT2D eigenvalue weighted by atomic mass is 10.2. The fraction of sp³-hybridized carbons (Fsp3) is 0.111. The molecule has 0 saturated heterocycles. The van der Waals surface area contributed by atoms with E-state index >= 15 is 0 Å². The maximum absolute atomic E-state index is 11.6. The van der Waals surface area contributed by atoms with E-state index < -0.39 is 17.2 Å². The molecular formula is C9H8F2O2S. The van der Waals surface area contributed by atoms with E-state index in [9.17, 15) is 13.0 Å². The summed E-state index contributed by atoms with van der Waals surface area (Å²) >= 11 is -1.87. The van der Waals surface area contributed by atoms with Crippen molar-refractivity contribution >= 4 is 11.1 Å². The van der Waals surface area contributed by atoms with Gasteiger partial charge in [0.05, 0.1) is 4.90 Å². The fourth-order valence-corrected chi connectivity index (χ4v) is 1.41. The molecule has 0 spiro atoms. The molecule has 5 heteroatoms. The lowest BCUT2D eigenvalue weighted by Gasteiger charge is -1.99. The first-order valence-electron chi connectivity index (χ1n) is 3.76. The molecule has 1 aromatic carbocycles. The Hall–Kier alpha value is -1.23. The van der Waals surface area contributed by atoms with Crippen LogP contribution in [0.5, 0.6) is 0 Å². The molecule has 76 valence electrons. The number of benzene rings is 1. The zero-order valence-electron chi connectivity index (χ0n) is 7.37. The van der Waals surface area contributed by atoms with Gasteiger partial charge in [0.2, 0.25) is 11.1 Å². The molecule has 0 fully saturated rings. The van der Waals surface area contributed by atoms with Crippen LogP contribution in [0, 0.1) is 6.92 Å². The Morgan fingerprint density at radius 1 is 1.36 bits per heavy atom. The zero-order chi connectivity index (χ0) is 10.6. The fourth-order valence-electron chi connectivity index (χ4n) is 0.785. The SMILES string of the molecule is Cc1ccc(S(=O)OC=C(F)F)cc1.